The minimum atomic E-state index is 0.226. The number of amides is 1. The van der Waals surface area contributed by atoms with Crippen LogP contribution in [0, 0.1) is 0 Å². The van der Waals surface area contributed by atoms with Crippen LogP contribution < -0.4 is 0 Å². The van der Waals surface area contributed by atoms with Crippen molar-refractivity contribution in [3.05, 3.63) is 24.0 Å². The van der Waals surface area contributed by atoms with Gasteiger partial charge in [-0.25, -0.2) is 4.98 Å². The van der Waals surface area contributed by atoms with E-state index in [1.165, 1.54) is 0 Å². The molecule has 1 amide bonds. The molecule has 0 aromatic carbocycles. The molecule has 2 aliphatic rings. The van der Waals surface area contributed by atoms with Gasteiger partial charge in [-0.05, 0) is 25.0 Å². The first-order chi connectivity index (χ1) is 11.8. The number of fused-ring (bicyclic) bond motifs is 1. The molecule has 2 aliphatic heterocycles. The minimum absolute atomic E-state index is 0.226. The van der Waals surface area contributed by atoms with E-state index in [-0.39, 0.29) is 5.91 Å². The number of rotatable bonds is 3. The van der Waals surface area contributed by atoms with Gasteiger partial charge in [0, 0.05) is 43.2 Å². The summed E-state index contributed by atoms with van der Waals surface area (Å²) in [5, 5.41) is 7.98. The third-order valence-corrected chi connectivity index (χ3v) is 4.98. The lowest BCUT2D eigenvalue weighted by molar-refractivity contribution is -0.134. The summed E-state index contributed by atoms with van der Waals surface area (Å²) in [6.07, 6.45) is 3.89. The normalized spacial score (nSPS) is 22.8. The Morgan fingerprint density at radius 1 is 1.29 bits per heavy atom. The van der Waals surface area contributed by atoms with Gasteiger partial charge in [-0.1, -0.05) is 0 Å². The van der Waals surface area contributed by atoms with Gasteiger partial charge in [0.15, 0.2) is 5.65 Å². The summed E-state index contributed by atoms with van der Waals surface area (Å²) in [6.45, 7) is 5.26. The standard InChI is InChI=1S/C17H23N5O2/c23-16(12-21-6-8-24-9-7-21)22-5-1-2-14(11-22)15-4-3-13-10-18-20-17(13)19-15/h3-4,10,14H,1-2,5-9,11-12H2,(H,18,19,20)/t14-/m0/s1. The zero-order valence-electron chi connectivity index (χ0n) is 13.8. The molecule has 2 fully saturated rings. The maximum Gasteiger partial charge on any atom is 0.236 e. The van der Waals surface area contributed by atoms with Crippen LogP contribution in [0.3, 0.4) is 0 Å². The van der Waals surface area contributed by atoms with E-state index in [1.807, 2.05) is 4.90 Å². The molecule has 2 aromatic heterocycles. The number of H-pyrrole nitrogens is 1. The Labute approximate surface area is 141 Å². The predicted molar refractivity (Wildman–Crippen MR) is 89.7 cm³/mol. The fourth-order valence-electron chi connectivity index (χ4n) is 3.56. The molecule has 7 nitrogen and oxygen atoms in total. The van der Waals surface area contributed by atoms with E-state index in [0.717, 1.165) is 69.0 Å². The number of likely N-dealkylation sites (tertiary alicyclic amines) is 1. The van der Waals surface area contributed by atoms with Crippen molar-refractivity contribution in [1.29, 1.82) is 0 Å². The third-order valence-electron chi connectivity index (χ3n) is 4.98. The smallest absolute Gasteiger partial charge is 0.236 e. The molecule has 1 atom stereocenters. The molecule has 0 unspecified atom stereocenters. The van der Waals surface area contributed by atoms with Gasteiger partial charge in [-0.3, -0.25) is 14.8 Å². The van der Waals surface area contributed by atoms with Crippen LogP contribution in [0.25, 0.3) is 11.0 Å². The fourth-order valence-corrected chi connectivity index (χ4v) is 3.56. The molecule has 128 valence electrons. The highest BCUT2D eigenvalue weighted by Crippen LogP contribution is 2.26. The molecule has 4 rings (SSSR count). The minimum Gasteiger partial charge on any atom is -0.379 e. The van der Waals surface area contributed by atoms with Crippen LogP contribution in [0.5, 0.6) is 0 Å². The van der Waals surface area contributed by atoms with Gasteiger partial charge < -0.3 is 9.64 Å². The Hall–Kier alpha value is -1.99. The van der Waals surface area contributed by atoms with Crippen molar-refractivity contribution in [3.8, 4) is 0 Å². The maximum atomic E-state index is 12.6. The number of pyridine rings is 1. The van der Waals surface area contributed by atoms with E-state index >= 15 is 0 Å². The molecule has 0 radical (unpaired) electrons. The van der Waals surface area contributed by atoms with Crippen LogP contribution in [0.15, 0.2) is 18.3 Å². The number of aromatic nitrogens is 3. The first-order valence-corrected chi connectivity index (χ1v) is 8.67. The number of nitrogens with one attached hydrogen (secondary N) is 1. The monoisotopic (exact) mass is 329 g/mol. The number of carbonyl (C=O) groups is 1. The Morgan fingerprint density at radius 3 is 3.04 bits per heavy atom. The number of aromatic amines is 1. The summed E-state index contributed by atoms with van der Waals surface area (Å²) < 4.78 is 5.35. The van der Waals surface area contributed by atoms with E-state index in [9.17, 15) is 4.79 Å². The lowest BCUT2D eigenvalue weighted by Crippen LogP contribution is -2.47. The van der Waals surface area contributed by atoms with Gasteiger partial charge in [0.2, 0.25) is 5.91 Å². The second kappa shape index (κ2) is 6.86. The number of piperidine rings is 1. The molecule has 0 spiro atoms. The van der Waals surface area contributed by atoms with Gasteiger partial charge in [0.25, 0.3) is 0 Å². The summed E-state index contributed by atoms with van der Waals surface area (Å²) >= 11 is 0. The van der Waals surface area contributed by atoms with Crippen LogP contribution in [0.2, 0.25) is 0 Å². The quantitative estimate of drug-likeness (QED) is 0.909. The van der Waals surface area contributed by atoms with E-state index in [0.29, 0.717) is 12.5 Å². The highest BCUT2D eigenvalue weighted by molar-refractivity contribution is 5.78. The maximum absolute atomic E-state index is 12.6. The summed E-state index contributed by atoms with van der Waals surface area (Å²) in [4.78, 5) is 21.5. The molecule has 0 aliphatic carbocycles. The zero-order valence-corrected chi connectivity index (χ0v) is 13.8. The Balaban J connectivity index is 1.41. The Morgan fingerprint density at radius 2 is 2.17 bits per heavy atom. The van der Waals surface area contributed by atoms with E-state index in [1.54, 1.807) is 6.20 Å². The van der Waals surface area contributed by atoms with Crippen LogP contribution in [-0.2, 0) is 9.53 Å². The third kappa shape index (κ3) is 3.27. The van der Waals surface area contributed by atoms with Crippen molar-refractivity contribution >= 4 is 16.9 Å². The molecular formula is C17H23N5O2. The Kier molecular flexibility index (Phi) is 4.44. The molecule has 2 saturated heterocycles. The zero-order chi connectivity index (χ0) is 16.4. The molecular weight excluding hydrogens is 306 g/mol. The summed E-state index contributed by atoms with van der Waals surface area (Å²) in [7, 11) is 0. The number of hydrogen-bond donors (Lipinski definition) is 1. The van der Waals surface area contributed by atoms with Gasteiger partial charge in [-0.15, -0.1) is 0 Å². The number of carbonyl (C=O) groups excluding carboxylic acids is 1. The van der Waals surface area contributed by atoms with Crippen molar-refractivity contribution in [1.82, 2.24) is 25.0 Å². The summed E-state index contributed by atoms with van der Waals surface area (Å²) in [5.74, 6) is 0.532. The second-order valence-electron chi connectivity index (χ2n) is 6.61. The van der Waals surface area contributed by atoms with Crippen molar-refractivity contribution in [2.75, 3.05) is 45.9 Å². The lowest BCUT2D eigenvalue weighted by Gasteiger charge is -2.34. The molecule has 0 saturated carbocycles. The highest BCUT2D eigenvalue weighted by Gasteiger charge is 2.27. The van der Waals surface area contributed by atoms with E-state index in [2.05, 4.69) is 32.2 Å². The van der Waals surface area contributed by atoms with Crippen molar-refractivity contribution < 1.29 is 9.53 Å². The van der Waals surface area contributed by atoms with Gasteiger partial charge in [0.05, 0.1) is 26.0 Å². The van der Waals surface area contributed by atoms with Crippen LogP contribution in [-0.4, -0.2) is 76.8 Å². The topological polar surface area (TPSA) is 74.3 Å². The Bertz CT molecular complexity index is 710. The van der Waals surface area contributed by atoms with Crippen LogP contribution in [0.4, 0.5) is 0 Å². The molecule has 0 bridgehead atoms. The molecule has 7 heteroatoms. The number of hydrogen-bond acceptors (Lipinski definition) is 5. The summed E-state index contributed by atoms with van der Waals surface area (Å²) in [6, 6.07) is 4.12. The van der Waals surface area contributed by atoms with Gasteiger partial charge >= 0.3 is 0 Å². The molecule has 2 aromatic rings. The first kappa shape index (κ1) is 15.5. The van der Waals surface area contributed by atoms with Crippen LogP contribution in [0.1, 0.15) is 24.5 Å². The van der Waals surface area contributed by atoms with Crippen molar-refractivity contribution in [2.45, 2.75) is 18.8 Å². The SMILES string of the molecule is O=C(CN1CCOCC1)N1CCC[C@H](c2ccc3cn[nH]c3n2)C1. The van der Waals surface area contributed by atoms with E-state index in [4.69, 9.17) is 4.74 Å². The molecule has 1 N–H and O–H groups in total. The predicted octanol–water partition coefficient (Wildman–Crippen LogP) is 0.996. The second-order valence-corrected chi connectivity index (χ2v) is 6.61. The average molecular weight is 329 g/mol. The summed E-state index contributed by atoms with van der Waals surface area (Å²) in [5.41, 5.74) is 1.87. The van der Waals surface area contributed by atoms with Crippen molar-refractivity contribution in [2.24, 2.45) is 0 Å². The largest absolute Gasteiger partial charge is 0.379 e. The lowest BCUT2D eigenvalue weighted by atomic mass is 9.94. The number of nitrogens with zero attached hydrogens (tertiary/aromatic N) is 4. The van der Waals surface area contributed by atoms with E-state index < -0.39 is 0 Å². The van der Waals surface area contributed by atoms with Crippen molar-refractivity contribution in [3.63, 3.8) is 0 Å². The highest BCUT2D eigenvalue weighted by atomic mass is 16.5. The van der Waals surface area contributed by atoms with Gasteiger partial charge in [0.1, 0.15) is 0 Å². The fraction of sp³-hybridized carbons (Fsp3) is 0.588. The van der Waals surface area contributed by atoms with Crippen LogP contribution >= 0.6 is 0 Å². The first-order valence-electron chi connectivity index (χ1n) is 8.67. The number of ether oxygens (including phenoxy) is 1. The number of morpholine rings is 1. The molecule has 4 heterocycles. The molecule has 24 heavy (non-hydrogen) atoms. The van der Waals surface area contributed by atoms with Gasteiger partial charge in [-0.2, -0.15) is 5.10 Å². The average Bonchev–Trinajstić information content (AvgIpc) is 3.10.